The third-order valence-corrected chi connectivity index (χ3v) is 2.12. The first kappa shape index (κ1) is 23.7. The number of hydrogen-bond acceptors (Lipinski definition) is 4. The lowest BCUT2D eigenvalue weighted by Gasteiger charge is -2.07. The van der Waals surface area contributed by atoms with Crippen LogP contribution in [0.25, 0.3) is 0 Å². The molecule has 0 fully saturated rings. The van der Waals surface area contributed by atoms with E-state index in [4.69, 9.17) is 15.6 Å². The van der Waals surface area contributed by atoms with Crippen LogP contribution in [0.5, 0.6) is 0 Å². The molecule has 0 saturated carbocycles. The first-order chi connectivity index (χ1) is 10.4. The maximum absolute atomic E-state index is 11.7. The number of aliphatic carboxylic acids is 1. The van der Waals surface area contributed by atoms with Crippen molar-refractivity contribution in [3.05, 3.63) is 0 Å². The van der Waals surface area contributed by atoms with Crippen molar-refractivity contribution in [3.63, 3.8) is 0 Å². The maximum atomic E-state index is 11.7. The molecule has 1 amide bonds. The Morgan fingerprint density at radius 2 is 1.30 bits per heavy atom. The predicted molar refractivity (Wildman–Crippen MR) is 68.5 cm³/mol. The second-order valence-corrected chi connectivity index (χ2v) is 4.16. The number of carboxylic acid groups (broad SMARTS) is 1. The monoisotopic (exact) mass is 355 g/mol. The summed E-state index contributed by atoms with van der Waals surface area (Å²) in [6.45, 7) is 2.21. The lowest BCUT2D eigenvalue weighted by molar-refractivity contribution is -0.192. The number of unbranched alkanes of at least 4 members (excludes halogenated alkanes) is 1. The average molecular weight is 355 g/mol. The molecule has 0 heterocycles. The SMILES string of the molecule is NCCCNCCCCNC(=O)C(F)(F)F.O=C(O)C(F)(F)F. The Bertz CT molecular complexity index is 347. The van der Waals surface area contributed by atoms with Crippen LogP contribution >= 0.6 is 0 Å². The van der Waals surface area contributed by atoms with Gasteiger partial charge in [-0.3, -0.25) is 4.79 Å². The number of rotatable bonds is 8. The van der Waals surface area contributed by atoms with E-state index < -0.39 is 24.2 Å². The van der Waals surface area contributed by atoms with Gasteiger partial charge in [0.05, 0.1) is 0 Å². The van der Waals surface area contributed by atoms with Crippen molar-refractivity contribution in [3.8, 4) is 0 Å². The average Bonchev–Trinajstić information content (AvgIpc) is 2.40. The van der Waals surface area contributed by atoms with E-state index in [9.17, 15) is 31.1 Å². The van der Waals surface area contributed by atoms with Gasteiger partial charge in [-0.25, -0.2) is 4.79 Å². The molecule has 0 aliphatic rings. The summed E-state index contributed by atoms with van der Waals surface area (Å²) in [5, 5.41) is 12.0. The van der Waals surface area contributed by atoms with Crippen LogP contribution in [0.1, 0.15) is 19.3 Å². The Balaban J connectivity index is 0. The van der Waals surface area contributed by atoms with Crippen molar-refractivity contribution in [1.29, 1.82) is 0 Å². The van der Waals surface area contributed by atoms with Crippen LogP contribution in [0.4, 0.5) is 26.3 Å². The van der Waals surface area contributed by atoms with Crippen LogP contribution in [-0.2, 0) is 9.59 Å². The first-order valence-corrected chi connectivity index (χ1v) is 6.48. The molecular formula is C11H19F6N3O3. The summed E-state index contributed by atoms with van der Waals surface area (Å²) in [7, 11) is 0. The summed E-state index contributed by atoms with van der Waals surface area (Å²) in [5.41, 5.74) is 5.27. The molecule has 0 rings (SSSR count). The molecule has 0 aromatic rings. The zero-order chi connectivity index (χ0) is 18.5. The van der Waals surface area contributed by atoms with Gasteiger partial charge in [-0.15, -0.1) is 0 Å². The van der Waals surface area contributed by atoms with Gasteiger partial charge in [-0.05, 0) is 38.9 Å². The summed E-state index contributed by atoms with van der Waals surface area (Å²) in [4.78, 5) is 19.3. The van der Waals surface area contributed by atoms with E-state index >= 15 is 0 Å². The highest BCUT2D eigenvalue weighted by atomic mass is 19.4. The van der Waals surface area contributed by atoms with Gasteiger partial charge in [0.15, 0.2) is 0 Å². The molecule has 0 atom stereocenters. The molecule has 5 N–H and O–H groups in total. The predicted octanol–water partition coefficient (Wildman–Crippen LogP) is 1.02. The molecule has 6 nitrogen and oxygen atoms in total. The van der Waals surface area contributed by atoms with E-state index in [2.05, 4.69) is 5.32 Å². The molecule has 0 aliphatic heterocycles. The minimum Gasteiger partial charge on any atom is -0.475 e. The van der Waals surface area contributed by atoms with Gasteiger partial charge in [0.1, 0.15) is 0 Å². The lowest BCUT2D eigenvalue weighted by atomic mass is 10.3. The largest absolute Gasteiger partial charge is 0.490 e. The summed E-state index contributed by atoms with van der Waals surface area (Å²) in [5.74, 6) is -4.63. The van der Waals surface area contributed by atoms with Crippen LogP contribution in [-0.4, -0.2) is 55.5 Å². The van der Waals surface area contributed by atoms with Crippen LogP contribution in [0, 0.1) is 0 Å². The standard InChI is InChI=1S/C9H18F3N3O.C2HF3O2/c10-9(11,12)8(16)15-7-2-1-5-14-6-3-4-13;3-2(4,5)1(6)7/h14H,1-7,13H2,(H,15,16);(H,6,7). The third-order valence-electron chi connectivity index (χ3n) is 2.12. The highest BCUT2D eigenvalue weighted by molar-refractivity contribution is 5.81. The van der Waals surface area contributed by atoms with Crippen molar-refractivity contribution >= 4 is 11.9 Å². The van der Waals surface area contributed by atoms with Gasteiger partial charge >= 0.3 is 24.2 Å². The summed E-state index contributed by atoms with van der Waals surface area (Å²) < 4.78 is 66.9. The fourth-order valence-electron chi connectivity index (χ4n) is 1.03. The highest BCUT2D eigenvalue weighted by Crippen LogP contribution is 2.14. The Kier molecular flexibility index (Phi) is 12.3. The third kappa shape index (κ3) is 16.6. The molecule has 0 aromatic heterocycles. The number of nitrogens with one attached hydrogen (secondary N) is 2. The van der Waals surface area contributed by atoms with Crippen molar-refractivity contribution in [1.82, 2.24) is 10.6 Å². The fraction of sp³-hybridized carbons (Fsp3) is 0.818. The minimum atomic E-state index is -5.08. The number of amides is 1. The van der Waals surface area contributed by atoms with E-state index in [-0.39, 0.29) is 6.54 Å². The van der Waals surface area contributed by atoms with Gasteiger partial charge < -0.3 is 21.5 Å². The lowest BCUT2D eigenvalue weighted by Crippen LogP contribution is -2.37. The van der Waals surface area contributed by atoms with Crippen molar-refractivity contribution in [2.45, 2.75) is 31.6 Å². The number of carboxylic acids is 1. The molecule has 23 heavy (non-hydrogen) atoms. The van der Waals surface area contributed by atoms with Crippen molar-refractivity contribution in [2.75, 3.05) is 26.2 Å². The highest BCUT2D eigenvalue weighted by Gasteiger charge is 2.38. The van der Waals surface area contributed by atoms with Crippen molar-refractivity contribution in [2.24, 2.45) is 5.73 Å². The van der Waals surface area contributed by atoms with Gasteiger partial charge in [0.25, 0.3) is 0 Å². The van der Waals surface area contributed by atoms with Gasteiger partial charge in [0, 0.05) is 6.54 Å². The molecule has 0 bridgehead atoms. The van der Waals surface area contributed by atoms with Crippen LogP contribution < -0.4 is 16.4 Å². The second kappa shape index (κ2) is 11.9. The molecule has 0 aliphatic carbocycles. The maximum Gasteiger partial charge on any atom is 0.490 e. The van der Waals surface area contributed by atoms with Crippen LogP contribution in [0.15, 0.2) is 0 Å². The summed E-state index contributed by atoms with van der Waals surface area (Å²) in [6.07, 6.45) is -7.73. The molecular weight excluding hydrogens is 336 g/mol. The minimum absolute atomic E-state index is 0.0525. The molecule has 0 saturated heterocycles. The van der Waals surface area contributed by atoms with E-state index in [0.717, 1.165) is 25.9 Å². The Labute approximate surface area is 128 Å². The number of alkyl halides is 6. The summed E-state index contributed by atoms with van der Waals surface area (Å²) >= 11 is 0. The number of carbonyl (C=O) groups excluding carboxylic acids is 1. The first-order valence-electron chi connectivity index (χ1n) is 6.48. The topological polar surface area (TPSA) is 104 Å². The number of nitrogens with two attached hydrogens (primary N) is 1. The number of hydrogen-bond donors (Lipinski definition) is 4. The summed E-state index contributed by atoms with van der Waals surface area (Å²) in [6, 6.07) is 0. The van der Waals surface area contributed by atoms with Crippen molar-refractivity contribution < 1.29 is 41.0 Å². The smallest absolute Gasteiger partial charge is 0.475 e. The van der Waals surface area contributed by atoms with Gasteiger partial charge in [-0.2, -0.15) is 26.3 Å². The molecule has 0 unspecified atom stereocenters. The Morgan fingerprint density at radius 1 is 0.870 bits per heavy atom. The van der Waals surface area contributed by atoms with E-state index in [1.165, 1.54) is 0 Å². The van der Waals surface area contributed by atoms with Crippen LogP contribution in [0.3, 0.4) is 0 Å². The van der Waals surface area contributed by atoms with E-state index in [0.29, 0.717) is 13.0 Å². The molecule has 12 heteroatoms. The normalized spacial score (nSPS) is 11.4. The molecule has 138 valence electrons. The number of carbonyl (C=O) groups is 2. The van der Waals surface area contributed by atoms with Gasteiger partial charge in [-0.1, -0.05) is 0 Å². The Morgan fingerprint density at radius 3 is 1.70 bits per heavy atom. The Hall–Kier alpha value is -1.56. The molecule has 0 spiro atoms. The number of halogens is 6. The van der Waals surface area contributed by atoms with Gasteiger partial charge in [0.2, 0.25) is 0 Å². The van der Waals surface area contributed by atoms with E-state index in [1.54, 1.807) is 0 Å². The molecule has 0 aromatic carbocycles. The fourth-order valence-corrected chi connectivity index (χ4v) is 1.03. The quantitative estimate of drug-likeness (QED) is 0.384. The zero-order valence-corrected chi connectivity index (χ0v) is 12.1. The molecule has 0 radical (unpaired) electrons. The zero-order valence-electron chi connectivity index (χ0n) is 12.1. The second-order valence-electron chi connectivity index (χ2n) is 4.16. The van der Waals surface area contributed by atoms with Crippen LogP contribution in [0.2, 0.25) is 0 Å². The van der Waals surface area contributed by atoms with E-state index in [1.807, 2.05) is 5.32 Å².